The number of nitrogens with one attached hydrogen (secondary N) is 2. The van der Waals surface area contributed by atoms with Gasteiger partial charge in [-0.15, -0.1) is 16.4 Å². The largest absolute Gasteiger partial charge is 0.349 e. The van der Waals surface area contributed by atoms with Crippen LogP contribution in [0.15, 0.2) is 72.1 Å². The summed E-state index contributed by atoms with van der Waals surface area (Å²) in [6.45, 7) is 0.317. The van der Waals surface area contributed by atoms with Crippen LogP contribution in [-0.2, 0) is 6.54 Å². The van der Waals surface area contributed by atoms with E-state index in [2.05, 4.69) is 20.7 Å². The predicted molar refractivity (Wildman–Crippen MR) is 123 cm³/mol. The van der Waals surface area contributed by atoms with Gasteiger partial charge in [0.05, 0.1) is 10.6 Å². The highest BCUT2D eigenvalue weighted by atomic mass is 32.1. The molecule has 8 heteroatoms. The Kier molecular flexibility index (Phi) is 5.51. The number of thiophene rings is 1. The fourth-order valence-electron chi connectivity index (χ4n) is 3.25. The Bertz CT molecular complexity index is 1230. The van der Waals surface area contributed by atoms with Crippen molar-refractivity contribution in [2.24, 2.45) is 0 Å². The molecular weight excluding hydrogens is 422 g/mol. The molecule has 2 amide bonds. The first-order chi connectivity index (χ1) is 15.7. The molecule has 0 bridgehead atoms. The second-order valence-corrected chi connectivity index (χ2v) is 8.56. The topological polar surface area (TPSA) is 88.9 Å². The highest BCUT2D eigenvalue weighted by Gasteiger charge is 2.23. The third kappa shape index (κ3) is 4.45. The Balaban J connectivity index is 1.30. The van der Waals surface area contributed by atoms with Gasteiger partial charge < -0.3 is 10.6 Å². The first kappa shape index (κ1) is 20.1. The Morgan fingerprint density at radius 1 is 0.969 bits per heavy atom. The standard InChI is InChI=1S/C24H21N5O2S/c30-23(26-18-12-13-18)17-10-8-16(9-11-17)15-25-24(31)21-27-22(20-7-4-14-32-20)29(28-21)19-5-2-1-3-6-19/h1-11,14,18H,12-13,15H2,(H,25,31)(H,26,30). The quantitative estimate of drug-likeness (QED) is 0.455. The molecule has 5 rings (SSSR count). The average molecular weight is 444 g/mol. The smallest absolute Gasteiger partial charge is 0.291 e. The summed E-state index contributed by atoms with van der Waals surface area (Å²) in [6.07, 6.45) is 2.11. The van der Waals surface area contributed by atoms with Crippen molar-refractivity contribution in [3.05, 3.63) is 89.1 Å². The molecule has 32 heavy (non-hydrogen) atoms. The van der Waals surface area contributed by atoms with Crippen LogP contribution in [0, 0.1) is 0 Å². The summed E-state index contributed by atoms with van der Waals surface area (Å²) in [7, 11) is 0. The van der Waals surface area contributed by atoms with Crippen LogP contribution in [0.1, 0.15) is 39.4 Å². The number of amides is 2. The van der Waals surface area contributed by atoms with Crippen molar-refractivity contribution >= 4 is 23.2 Å². The Morgan fingerprint density at radius 2 is 1.75 bits per heavy atom. The Hall–Kier alpha value is -3.78. The number of hydrogen-bond acceptors (Lipinski definition) is 5. The normalized spacial score (nSPS) is 13.0. The van der Waals surface area contributed by atoms with E-state index < -0.39 is 0 Å². The highest BCUT2D eigenvalue weighted by molar-refractivity contribution is 7.13. The maximum absolute atomic E-state index is 12.8. The van der Waals surface area contributed by atoms with Gasteiger partial charge in [0.1, 0.15) is 0 Å². The fourth-order valence-corrected chi connectivity index (χ4v) is 3.95. The van der Waals surface area contributed by atoms with E-state index in [-0.39, 0.29) is 17.6 Å². The molecule has 1 aliphatic rings. The second kappa shape index (κ2) is 8.76. The third-order valence-corrected chi connectivity index (χ3v) is 6.00. The van der Waals surface area contributed by atoms with E-state index in [0.717, 1.165) is 29.0 Å². The molecular formula is C24H21N5O2S. The maximum atomic E-state index is 12.8. The van der Waals surface area contributed by atoms with Crippen LogP contribution in [0.2, 0.25) is 0 Å². The molecule has 0 saturated heterocycles. The zero-order valence-corrected chi connectivity index (χ0v) is 18.0. The van der Waals surface area contributed by atoms with E-state index in [1.165, 1.54) is 0 Å². The SMILES string of the molecule is O=C(NC1CC1)c1ccc(CNC(=O)c2nc(-c3cccs3)n(-c3ccccc3)n2)cc1. The molecule has 4 aromatic rings. The lowest BCUT2D eigenvalue weighted by atomic mass is 10.1. The van der Waals surface area contributed by atoms with E-state index in [1.807, 2.05) is 60.0 Å². The molecule has 1 saturated carbocycles. The summed E-state index contributed by atoms with van der Waals surface area (Å²) < 4.78 is 1.69. The van der Waals surface area contributed by atoms with Crippen molar-refractivity contribution in [3.8, 4) is 16.4 Å². The molecule has 2 heterocycles. The Morgan fingerprint density at radius 3 is 2.44 bits per heavy atom. The summed E-state index contributed by atoms with van der Waals surface area (Å²) >= 11 is 1.54. The third-order valence-electron chi connectivity index (χ3n) is 5.13. The van der Waals surface area contributed by atoms with Gasteiger partial charge in [-0.05, 0) is 54.1 Å². The molecule has 0 atom stereocenters. The van der Waals surface area contributed by atoms with Crippen LogP contribution >= 0.6 is 11.3 Å². The first-order valence-corrected chi connectivity index (χ1v) is 11.3. The van der Waals surface area contributed by atoms with Crippen molar-refractivity contribution < 1.29 is 9.59 Å². The van der Waals surface area contributed by atoms with E-state index in [9.17, 15) is 9.59 Å². The number of carbonyl (C=O) groups excluding carboxylic acids is 2. The van der Waals surface area contributed by atoms with E-state index >= 15 is 0 Å². The highest BCUT2D eigenvalue weighted by Crippen LogP contribution is 2.25. The number of para-hydroxylation sites is 1. The number of carbonyl (C=O) groups is 2. The van der Waals surface area contributed by atoms with Crippen molar-refractivity contribution in [1.82, 2.24) is 25.4 Å². The van der Waals surface area contributed by atoms with Crippen LogP contribution in [0.4, 0.5) is 0 Å². The fraction of sp³-hybridized carbons (Fsp3) is 0.167. The molecule has 2 aromatic heterocycles. The maximum Gasteiger partial charge on any atom is 0.291 e. The van der Waals surface area contributed by atoms with Crippen molar-refractivity contribution in [2.45, 2.75) is 25.4 Å². The van der Waals surface area contributed by atoms with Gasteiger partial charge in [-0.25, -0.2) is 9.67 Å². The van der Waals surface area contributed by atoms with Crippen LogP contribution < -0.4 is 10.6 Å². The molecule has 2 N–H and O–H groups in total. The zero-order valence-electron chi connectivity index (χ0n) is 17.2. The summed E-state index contributed by atoms with van der Waals surface area (Å²) in [5.41, 5.74) is 2.35. The van der Waals surface area contributed by atoms with Gasteiger partial charge in [-0.1, -0.05) is 36.4 Å². The van der Waals surface area contributed by atoms with Crippen LogP contribution in [-0.4, -0.2) is 32.6 Å². The summed E-state index contributed by atoms with van der Waals surface area (Å²) in [6, 6.07) is 21.1. The number of benzene rings is 2. The first-order valence-electron chi connectivity index (χ1n) is 10.4. The van der Waals surface area contributed by atoms with Gasteiger partial charge in [0.15, 0.2) is 5.82 Å². The minimum Gasteiger partial charge on any atom is -0.349 e. The molecule has 0 aliphatic heterocycles. The van der Waals surface area contributed by atoms with Crippen molar-refractivity contribution in [1.29, 1.82) is 0 Å². The van der Waals surface area contributed by atoms with Crippen LogP contribution in [0.3, 0.4) is 0 Å². The zero-order chi connectivity index (χ0) is 21.9. The number of aromatic nitrogens is 3. The summed E-state index contributed by atoms with van der Waals surface area (Å²) in [5.74, 6) is 0.327. The van der Waals surface area contributed by atoms with Gasteiger partial charge in [0.25, 0.3) is 11.8 Å². The monoisotopic (exact) mass is 443 g/mol. The molecule has 1 aliphatic carbocycles. The van der Waals surface area contributed by atoms with Crippen molar-refractivity contribution in [3.63, 3.8) is 0 Å². The minimum absolute atomic E-state index is 0.0557. The van der Waals surface area contributed by atoms with Gasteiger partial charge in [-0.2, -0.15) is 0 Å². The number of hydrogen-bond donors (Lipinski definition) is 2. The van der Waals surface area contributed by atoms with E-state index in [1.54, 1.807) is 28.2 Å². The van der Waals surface area contributed by atoms with E-state index in [4.69, 9.17) is 0 Å². The lowest BCUT2D eigenvalue weighted by Gasteiger charge is -2.06. The molecule has 7 nitrogen and oxygen atoms in total. The number of nitrogens with zero attached hydrogens (tertiary/aromatic N) is 3. The predicted octanol–water partition coefficient (Wildman–Crippen LogP) is 3.82. The molecule has 2 aromatic carbocycles. The van der Waals surface area contributed by atoms with Gasteiger partial charge in [0.2, 0.25) is 5.82 Å². The molecule has 1 fully saturated rings. The van der Waals surface area contributed by atoms with Gasteiger partial charge >= 0.3 is 0 Å². The van der Waals surface area contributed by atoms with Gasteiger partial charge in [-0.3, -0.25) is 9.59 Å². The average Bonchev–Trinajstić information content (AvgIpc) is 3.29. The van der Waals surface area contributed by atoms with Gasteiger partial charge in [0, 0.05) is 18.2 Å². The lowest BCUT2D eigenvalue weighted by Crippen LogP contribution is -2.26. The number of rotatable bonds is 7. The molecule has 0 radical (unpaired) electrons. The molecule has 0 unspecified atom stereocenters. The summed E-state index contributed by atoms with van der Waals surface area (Å²) in [5, 5.41) is 12.3. The Labute approximate surface area is 189 Å². The van der Waals surface area contributed by atoms with E-state index in [0.29, 0.717) is 24.0 Å². The lowest BCUT2D eigenvalue weighted by molar-refractivity contribution is 0.0935. The minimum atomic E-state index is -0.354. The van der Waals surface area contributed by atoms with Crippen LogP contribution in [0.25, 0.3) is 16.4 Å². The van der Waals surface area contributed by atoms with Crippen LogP contribution in [0.5, 0.6) is 0 Å². The molecule has 160 valence electrons. The van der Waals surface area contributed by atoms with Crippen molar-refractivity contribution in [2.75, 3.05) is 0 Å². The summed E-state index contributed by atoms with van der Waals surface area (Å²) in [4.78, 5) is 30.3. The second-order valence-electron chi connectivity index (χ2n) is 7.61. The molecule has 0 spiro atoms.